The van der Waals surface area contributed by atoms with E-state index in [9.17, 15) is 4.79 Å². The van der Waals surface area contributed by atoms with Crippen molar-refractivity contribution in [1.29, 1.82) is 0 Å². The molecular formula is C22H35N3O2. The Balaban J connectivity index is 1.64. The third kappa shape index (κ3) is 5.23. The van der Waals surface area contributed by atoms with E-state index in [0.29, 0.717) is 18.5 Å². The summed E-state index contributed by atoms with van der Waals surface area (Å²) in [7, 11) is 0. The molecule has 1 N–H and O–H groups in total. The van der Waals surface area contributed by atoms with Crippen molar-refractivity contribution in [3.05, 3.63) is 29.3 Å². The monoisotopic (exact) mass is 373 g/mol. The molecule has 0 bridgehead atoms. The van der Waals surface area contributed by atoms with Gasteiger partial charge in [0.1, 0.15) is 0 Å². The van der Waals surface area contributed by atoms with Gasteiger partial charge >= 0.3 is 0 Å². The molecule has 2 fully saturated rings. The fourth-order valence-corrected chi connectivity index (χ4v) is 4.22. The first kappa shape index (κ1) is 20.2. The van der Waals surface area contributed by atoms with Gasteiger partial charge in [0.25, 0.3) is 5.91 Å². The first-order chi connectivity index (χ1) is 13.1. The highest BCUT2D eigenvalue weighted by Crippen LogP contribution is 2.25. The molecule has 0 radical (unpaired) electrons. The van der Waals surface area contributed by atoms with Crippen LogP contribution in [0.15, 0.2) is 18.2 Å². The summed E-state index contributed by atoms with van der Waals surface area (Å²) in [5, 5.41) is 3.19. The molecule has 0 aromatic heterocycles. The number of carbonyl (C=O) groups is 1. The maximum Gasteiger partial charge on any atom is 0.251 e. The normalized spacial score (nSPS) is 19.9. The van der Waals surface area contributed by atoms with E-state index in [1.807, 2.05) is 6.07 Å². The standard InChI is InChI=1S/C22H35N3O2/c1-17(2)21(25-11-13-27-14-12-25)16-23-22(26)19-8-7-18(3)20(15-19)24-9-5-4-6-10-24/h7-8,15,17,21H,4-6,9-14,16H2,1-3H3,(H,23,26). The van der Waals surface area contributed by atoms with Crippen molar-refractivity contribution in [2.45, 2.75) is 46.1 Å². The van der Waals surface area contributed by atoms with Crippen LogP contribution in [0.25, 0.3) is 0 Å². The summed E-state index contributed by atoms with van der Waals surface area (Å²) >= 11 is 0. The number of morpholine rings is 1. The number of hydrogen-bond acceptors (Lipinski definition) is 4. The van der Waals surface area contributed by atoms with E-state index in [0.717, 1.165) is 45.0 Å². The number of nitrogens with one attached hydrogen (secondary N) is 1. The third-order valence-electron chi connectivity index (χ3n) is 5.92. The van der Waals surface area contributed by atoms with Gasteiger partial charge in [0, 0.05) is 50.0 Å². The van der Waals surface area contributed by atoms with Crippen molar-refractivity contribution >= 4 is 11.6 Å². The number of aryl methyl sites for hydroxylation is 1. The van der Waals surface area contributed by atoms with Crippen LogP contribution in [-0.2, 0) is 4.74 Å². The minimum atomic E-state index is 0.0344. The molecule has 1 atom stereocenters. The number of rotatable bonds is 6. The van der Waals surface area contributed by atoms with Crippen molar-refractivity contribution < 1.29 is 9.53 Å². The van der Waals surface area contributed by atoms with E-state index in [2.05, 4.69) is 48.0 Å². The zero-order chi connectivity index (χ0) is 19.2. The van der Waals surface area contributed by atoms with Gasteiger partial charge in [0.2, 0.25) is 0 Å². The Morgan fingerprint density at radius 3 is 2.48 bits per heavy atom. The Bertz CT molecular complexity index is 620. The van der Waals surface area contributed by atoms with Gasteiger partial charge in [-0.05, 0) is 49.8 Å². The minimum absolute atomic E-state index is 0.0344. The van der Waals surface area contributed by atoms with E-state index in [1.165, 1.54) is 30.5 Å². The molecule has 0 aliphatic carbocycles. The van der Waals surface area contributed by atoms with Crippen molar-refractivity contribution in [1.82, 2.24) is 10.2 Å². The van der Waals surface area contributed by atoms with Crippen molar-refractivity contribution in [2.75, 3.05) is 50.8 Å². The Hall–Kier alpha value is -1.59. The maximum absolute atomic E-state index is 12.8. The smallest absolute Gasteiger partial charge is 0.251 e. The van der Waals surface area contributed by atoms with Crippen LogP contribution in [0.3, 0.4) is 0 Å². The first-order valence-corrected chi connectivity index (χ1v) is 10.5. The van der Waals surface area contributed by atoms with Crippen molar-refractivity contribution in [3.63, 3.8) is 0 Å². The van der Waals surface area contributed by atoms with Gasteiger partial charge < -0.3 is 15.0 Å². The zero-order valence-electron chi connectivity index (χ0n) is 17.2. The third-order valence-corrected chi connectivity index (χ3v) is 5.92. The molecule has 5 heteroatoms. The van der Waals surface area contributed by atoms with Crippen LogP contribution in [-0.4, -0.2) is 62.8 Å². The Morgan fingerprint density at radius 1 is 1.11 bits per heavy atom. The number of hydrogen-bond donors (Lipinski definition) is 1. The van der Waals surface area contributed by atoms with Gasteiger partial charge in [0.15, 0.2) is 0 Å². The summed E-state index contributed by atoms with van der Waals surface area (Å²) in [6.45, 7) is 12.9. The molecule has 1 amide bonds. The molecule has 1 aromatic carbocycles. The lowest BCUT2D eigenvalue weighted by atomic mass is 10.0. The van der Waals surface area contributed by atoms with Crippen LogP contribution in [0.1, 0.15) is 49.0 Å². The van der Waals surface area contributed by atoms with Crippen LogP contribution in [0.5, 0.6) is 0 Å². The minimum Gasteiger partial charge on any atom is -0.379 e. The molecule has 3 rings (SSSR count). The van der Waals surface area contributed by atoms with Crippen LogP contribution < -0.4 is 10.2 Å². The average Bonchev–Trinajstić information content (AvgIpc) is 2.69. The molecule has 5 nitrogen and oxygen atoms in total. The predicted molar refractivity (Wildman–Crippen MR) is 111 cm³/mol. The molecular weight excluding hydrogens is 338 g/mol. The molecule has 2 heterocycles. The van der Waals surface area contributed by atoms with Crippen molar-refractivity contribution in [3.8, 4) is 0 Å². The molecule has 1 unspecified atom stereocenters. The highest BCUT2D eigenvalue weighted by atomic mass is 16.5. The Labute approximate surface area is 164 Å². The zero-order valence-corrected chi connectivity index (χ0v) is 17.2. The van der Waals surface area contributed by atoms with Crippen LogP contribution in [0.4, 0.5) is 5.69 Å². The van der Waals surface area contributed by atoms with Gasteiger partial charge in [-0.2, -0.15) is 0 Å². The number of ether oxygens (including phenoxy) is 1. The number of carbonyl (C=O) groups excluding carboxylic acids is 1. The second kappa shape index (κ2) is 9.56. The van der Waals surface area contributed by atoms with Gasteiger partial charge in [0.05, 0.1) is 13.2 Å². The molecule has 2 saturated heterocycles. The molecule has 27 heavy (non-hydrogen) atoms. The highest BCUT2D eigenvalue weighted by molar-refractivity contribution is 5.95. The van der Waals surface area contributed by atoms with Gasteiger partial charge in [-0.25, -0.2) is 0 Å². The molecule has 0 saturated carbocycles. The lowest BCUT2D eigenvalue weighted by Gasteiger charge is -2.37. The lowest BCUT2D eigenvalue weighted by molar-refractivity contribution is 0.00673. The van der Waals surface area contributed by atoms with Gasteiger partial charge in [-0.1, -0.05) is 19.9 Å². The highest BCUT2D eigenvalue weighted by Gasteiger charge is 2.24. The largest absolute Gasteiger partial charge is 0.379 e. The molecule has 2 aliphatic rings. The Kier molecular flexibility index (Phi) is 7.13. The SMILES string of the molecule is Cc1ccc(C(=O)NCC(C(C)C)N2CCOCC2)cc1N1CCCCC1. The summed E-state index contributed by atoms with van der Waals surface area (Å²) < 4.78 is 5.47. The number of amides is 1. The van der Waals surface area contributed by atoms with E-state index in [1.54, 1.807) is 0 Å². The van der Waals surface area contributed by atoms with E-state index in [4.69, 9.17) is 4.74 Å². The van der Waals surface area contributed by atoms with Gasteiger partial charge in [-0.15, -0.1) is 0 Å². The number of benzene rings is 1. The fourth-order valence-electron chi connectivity index (χ4n) is 4.22. The van der Waals surface area contributed by atoms with E-state index >= 15 is 0 Å². The fraction of sp³-hybridized carbons (Fsp3) is 0.682. The molecule has 1 aromatic rings. The summed E-state index contributed by atoms with van der Waals surface area (Å²) in [6.07, 6.45) is 3.80. The second-order valence-corrected chi connectivity index (χ2v) is 8.22. The second-order valence-electron chi connectivity index (χ2n) is 8.22. The number of piperidine rings is 1. The molecule has 0 spiro atoms. The van der Waals surface area contributed by atoms with Crippen molar-refractivity contribution in [2.24, 2.45) is 5.92 Å². The lowest BCUT2D eigenvalue weighted by Crippen LogP contribution is -2.51. The first-order valence-electron chi connectivity index (χ1n) is 10.5. The molecule has 2 aliphatic heterocycles. The summed E-state index contributed by atoms with van der Waals surface area (Å²) in [5.41, 5.74) is 3.24. The maximum atomic E-state index is 12.8. The summed E-state index contributed by atoms with van der Waals surface area (Å²) in [6, 6.07) is 6.47. The number of nitrogens with zero attached hydrogens (tertiary/aromatic N) is 2. The quantitative estimate of drug-likeness (QED) is 0.832. The Morgan fingerprint density at radius 2 is 1.81 bits per heavy atom. The number of anilines is 1. The van der Waals surface area contributed by atoms with Crippen LogP contribution in [0.2, 0.25) is 0 Å². The topological polar surface area (TPSA) is 44.8 Å². The average molecular weight is 374 g/mol. The van der Waals surface area contributed by atoms with Crippen LogP contribution >= 0.6 is 0 Å². The predicted octanol–water partition coefficient (Wildman–Crippen LogP) is 3.07. The summed E-state index contributed by atoms with van der Waals surface area (Å²) in [5.74, 6) is 0.525. The van der Waals surface area contributed by atoms with E-state index < -0.39 is 0 Å². The van der Waals surface area contributed by atoms with Crippen LogP contribution in [0, 0.1) is 12.8 Å². The van der Waals surface area contributed by atoms with E-state index in [-0.39, 0.29) is 5.91 Å². The van der Waals surface area contributed by atoms with Gasteiger partial charge in [-0.3, -0.25) is 9.69 Å². The molecule has 150 valence electrons. The summed E-state index contributed by atoms with van der Waals surface area (Å²) in [4.78, 5) is 17.7.